The summed E-state index contributed by atoms with van der Waals surface area (Å²) >= 11 is 0. The molecule has 0 amide bonds. The van der Waals surface area contributed by atoms with Crippen LogP contribution >= 0.6 is 0 Å². The smallest absolute Gasteiger partial charge is 0.00389 e. The molecule has 0 saturated heterocycles. The Balaban J connectivity index is 1.84. The topological polar surface area (TPSA) is 26.0 Å². The zero-order valence-corrected chi connectivity index (χ0v) is 8.39. The molecule has 1 saturated carbocycles. The Labute approximate surface area is 76.7 Å². The first-order valence-corrected chi connectivity index (χ1v) is 5.58. The number of unbranched alkanes of at least 4 members (excludes halogenated alkanes) is 2. The van der Waals surface area contributed by atoms with Crippen LogP contribution in [-0.2, 0) is 0 Å². The van der Waals surface area contributed by atoms with Gasteiger partial charge in [0.15, 0.2) is 0 Å². The lowest BCUT2D eigenvalue weighted by molar-refractivity contribution is 0.498. The van der Waals surface area contributed by atoms with Crippen LogP contribution in [-0.4, -0.2) is 6.04 Å². The second kappa shape index (κ2) is 5.58. The lowest BCUT2D eigenvalue weighted by atomic mass is 10.0. The van der Waals surface area contributed by atoms with Gasteiger partial charge in [-0.15, -0.1) is 0 Å². The number of hydrogen-bond acceptors (Lipinski definition) is 1. The molecule has 0 aromatic carbocycles. The highest BCUT2D eigenvalue weighted by Gasteiger charge is 2.21. The molecule has 0 spiro atoms. The maximum atomic E-state index is 5.99. The van der Waals surface area contributed by atoms with Crippen LogP contribution < -0.4 is 5.73 Å². The van der Waals surface area contributed by atoms with Crippen molar-refractivity contribution in [2.45, 2.75) is 64.3 Å². The molecule has 1 atom stereocenters. The fraction of sp³-hybridized carbons (Fsp3) is 1.00. The van der Waals surface area contributed by atoms with E-state index in [4.69, 9.17) is 5.73 Å². The van der Waals surface area contributed by atoms with Crippen molar-refractivity contribution >= 4 is 0 Å². The largest absolute Gasteiger partial charge is 0.328 e. The Morgan fingerprint density at radius 2 is 2.00 bits per heavy atom. The number of nitrogens with two attached hydrogens (primary N) is 1. The van der Waals surface area contributed by atoms with Gasteiger partial charge in [0.05, 0.1) is 0 Å². The first-order chi connectivity index (χ1) is 5.83. The fourth-order valence-electron chi connectivity index (χ4n) is 1.66. The Hall–Kier alpha value is -0.0400. The van der Waals surface area contributed by atoms with Crippen molar-refractivity contribution in [1.82, 2.24) is 0 Å². The van der Waals surface area contributed by atoms with Gasteiger partial charge in [0, 0.05) is 6.04 Å². The molecular formula is C11H23N. The van der Waals surface area contributed by atoms with E-state index in [1.54, 1.807) is 0 Å². The van der Waals surface area contributed by atoms with Crippen LogP contribution in [0.5, 0.6) is 0 Å². The van der Waals surface area contributed by atoms with E-state index in [1.165, 1.54) is 51.4 Å². The average Bonchev–Trinajstić information content (AvgIpc) is 2.84. The van der Waals surface area contributed by atoms with Crippen molar-refractivity contribution < 1.29 is 0 Å². The van der Waals surface area contributed by atoms with Crippen LogP contribution in [0.2, 0.25) is 0 Å². The van der Waals surface area contributed by atoms with E-state index in [1.807, 2.05) is 0 Å². The molecule has 1 unspecified atom stereocenters. The predicted molar refractivity (Wildman–Crippen MR) is 54.1 cm³/mol. The van der Waals surface area contributed by atoms with Crippen molar-refractivity contribution in [3.63, 3.8) is 0 Å². The molecule has 0 aromatic heterocycles. The van der Waals surface area contributed by atoms with Gasteiger partial charge in [-0.1, -0.05) is 39.0 Å². The summed E-state index contributed by atoms with van der Waals surface area (Å²) in [5.41, 5.74) is 5.99. The Bertz CT molecular complexity index is 108. The molecule has 12 heavy (non-hydrogen) atoms. The van der Waals surface area contributed by atoms with Crippen LogP contribution in [0.3, 0.4) is 0 Å². The molecule has 1 nitrogen and oxygen atoms in total. The first-order valence-electron chi connectivity index (χ1n) is 5.58. The van der Waals surface area contributed by atoms with Gasteiger partial charge in [-0.05, 0) is 25.2 Å². The highest BCUT2D eigenvalue weighted by atomic mass is 14.6. The minimum absolute atomic E-state index is 0.497. The third-order valence-corrected chi connectivity index (χ3v) is 2.82. The molecule has 0 radical (unpaired) electrons. The van der Waals surface area contributed by atoms with E-state index >= 15 is 0 Å². The molecule has 0 aromatic rings. The van der Waals surface area contributed by atoms with Gasteiger partial charge in [-0.25, -0.2) is 0 Å². The van der Waals surface area contributed by atoms with Gasteiger partial charge in [-0.3, -0.25) is 0 Å². The fourth-order valence-corrected chi connectivity index (χ4v) is 1.66. The van der Waals surface area contributed by atoms with E-state index in [9.17, 15) is 0 Å². The quantitative estimate of drug-likeness (QED) is 0.582. The molecule has 1 rings (SSSR count). The van der Waals surface area contributed by atoms with Gasteiger partial charge in [-0.2, -0.15) is 0 Å². The van der Waals surface area contributed by atoms with Gasteiger partial charge in [0.25, 0.3) is 0 Å². The summed E-state index contributed by atoms with van der Waals surface area (Å²) < 4.78 is 0. The summed E-state index contributed by atoms with van der Waals surface area (Å²) in [6.07, 6.45) is 10.9. The van der Waals surface area contributed by atoms with Gasteiger partial charge < -0.3 is 5.73 Å². The normalized spacial score (nSPS) is 19.5. The van der Waals surface area contributed by atoms with Gasteiger partial charge in [0.1, 0.15) is 0 Å². The molecule has 2 N–H and O–H groups in total. The molecule has 1 fully saturated rings. The molecule has 1 heteroatoms. The molecule has 1 aliphatic rings. The summed E-state index contributed by atoms with van der Waals surface area (Å²) in [7, 11) is 0. The summed E-state index contributed by atoms with van der Waals surface area (Å²) in [6.45, 7) is 2.25. The number of hydrogen-bond donors (Lipinski definition) is 1. The molecule has 1 aliphatic carbocycles. The standard InChI is InChI=1S/C11H23N/c1-2-3-4-5-11(12)9-8-10-6-7-10/h10-11H,2-9,12H2,1H3. The second-order valence-corrected chi connectivity index (χ2v) is 4.28. The maximum Gasteiger partial charge on any atom is 0.00389 e. The summed E-state index contributed by atoms with van der Waals surface area (Å²) in [4.78, 5) is 0. The van der Waals surface area contributed by atoms with Gasteiger partial charge in [0.2, 0.25) is 0 Å². The van der Waals surface area contributed by atoms with Crippen molar-refractivity contribution in [3.8, 4) is 0 Å². The molecular weight excluding hydrogens is 146 g/mol. The third kappa shape index (κ3) is 4.76. The maximum absolute atomic E-state index is 5.99. The highest BCUT2D eigenvalue weighted by Crippen LogP contribution is 2.33. The van der Waals surface area contributed by atoms with Crippen LogP contribution in [0.1, 0.15) is 58.3 Å². The SMILES string of the molecule is CCCCCC(N)CCC1CC1. The second-order valence-electron chi connectivity index (χ2n) is 4.28. The zero-order chi connectivity index (χ0) is 8.81. The molecule has 0 heterocycles. The first kappa shape index (κ1) is 10.0. The van der Waals surface area contributed by atoms with Crippen molar-refractivity contribution in [2.75, 3.05) is 0 Å². The molecule has 0 bridgehead atoms. The van der Waals surface area contributed by atoms with Crippen molar-refractivity contribution in [2.24, 2.45) is 11.7 Å². The lowest BCUT2D eigenvalue weighted by Crippen LogP contribution is -2.19. The van der Waals surface area contributed by atoms with Gasteiger partial charge >= 0.3 is 0 Å². The van der Waals surface area contributed by atoms with Crippen LogP contribution in [0, 0.1) is 5.92 Å². The predicted octanol–water partition coefficient (Wildman–Crippen LogP) is 3.08. The van der Waals surface area contributed by atoms with E-state index in [0.29, 0.717) is 6.04 Å². The van der Waals surface area contributed by atoms with Crippen LogP contribution in [0.4, 0.5) is 0 Å². The highest BCUT2D eigenvalue weighted by molar-refractivity contribution is 4.75. The minimum atomic E-state index is 0.497. The van der Waals surface area contributed by atoms with E-state index in [-0.39, 0.29) is 0 Å². The summed E-state index contributed by atoms with van der Waals surface area (Å²) in [5.74, 6) is 1.06. The Kier molecular flexibility index (Phi) is 4.67. The van der Waals surface area contributed by atoms with Crippen molar-refractivity contribution in [1.29, 1.82) is 0 Å². The van der Waals surface area contributed by atoms with E-state index in [0.717, 1.165) is 5.92 Å². The van der Waals surface area contributed by atoms with E-state index in [2.05, 4.69) is 6.92 Å². The Morgan fingerprint density at radius 3 is 2.58 bits per heavy atom. The van der Waals surface area contributed by atoms with Crippen molar-refractivity contribution in [3.05, 3.63) is 0 Å². The Morgan fingerprint density at radius 1 is 1.25 bits per heavy atom. The minimum Gasteiger partial charge on any atom is -0.328 e. The number of rotatable bonds is 7. The average molecular weight is 169 g/mol. The monoisotopic (exact) mass is 169 g/mol. The zero-order valence-electron chi connectivity index (χ0n) is 8.39. The molecule has 72 valence electrons. The third-order valence-electron chi connectivity index (χ3n) is 2.82. The molecule has 0 aliphatic heterocycles. The van der Waals surface area contributed by atoms with Crippen LogP contribution in [0.15, 0.2) is 0 Å². The van der Waals surface area contributed by atoms with E-state index < -0.39 is 0 Å². The summed E-state index contributed by atoms with van der Waals surface area (Å²) in [6, 6.07) is 0.497. The summed E-state index contributed by atoms with van der Waals surface area (Å²) in [5, 5.41) is 0. The lowest BCUT2D eigenvalue weighted by Gasteiger charge is -2.09. The van der Waals surface area contributed by atoms with Crippen LogP contribution in [0.25, 0.3) is 0 Å².